The van der Waals surface area contributed by atoms with Crippen LogP contribution in [0.25, 0.3) is 5.76 Å². The van der Waals surface area contributed by atoms with Gasteiger partial charge >= 0.3 is 0 Å². The molecule has 1 atom stereocenters. The SMILES string of the molecule is CCCOc1ccc(C(O)=C2C(=O)C(=O)N(CCCN3CCOCC3)[C@H]2c2cccc(OC)c2OC)cc1. The van der Waals surface area contributed by atoms with E-state index < -0.39 is 17.7 Å². The molecule has 0 radical (unpaired) electrons. The first kappa shape index (κ1) is 27.5. The Morgan fingerprint density at radius 3 is 2.42 bits per heavy atom. The number of aliphatic hydroxyl groups is 1. The molecular weight excluding hydrogens is 488 g/mol. The Balaban J connectivity index is 1.72. The van der Waals surface area contributed by atoms with E-state index in [0.717, 1.165) is 26.1 Å². The van der Waals surface area contributed by atoms with Crippen LogP contribution >= 0.6 is 0 Å². The number of likely N-dealkylation sites (tertiary alicyclic amines) is 1. The fraction of sp³-hybridized carbons (Fsp3) is 0.448. The molecule has 38 heavy (non-hydrogen) atoms. The van der Waals surface area contributed by atoms with E-state index in [2.05, 4.69) is 4.90 Å². The highest BCUT2D eigenvalue weighted by atomic mass is 16.5. The van der Waals surface area contributed by atoms with Crippen molar-refractivity contribution in [3.8, 4) is 17.2 Å². The summed E-state index contributed by atoms with van der Waals surface area (Å²) in [5.74, 6) is -0.0640. The molecule has 9 nitrogen and oxygen atoms in total. The van der Waals surface area contributed by atoms with Gasteiger partial charge < -0.3 is 29.0 Å². The van der Waals surface area contributed by atoms with Crippen molar-refractivity contribution < 1.29 is 33.6 Å². The van der Waals surface area contributed by atoms with E-state index in [-0.39, 0.29) is 11.3 Å². The van der Waals surface area contributed by atoms with Crippen molar-refractivity contribution >= 4 is 17.4 Å². The minimum atomic E-state index is -0.833. The van der Waals surface area contributed by atoms with Crippen molar-refractivity contribution in [2.75, 3.05) is 60.2 Å². The molecule has 2 fully saturated rings. The third kappa shape index (κ3) is 5.79. The lowest BCUT2D eigenvalue weighted by molar-refractivity contribution is -0.140. The molecule has 0 saturated carbocycles. The van der Waals surface area contributed by atoms with E-state index in [9.17, 15) is 14.7 Å². The summed E-state index contributed by atoms with van der Waals surface area (Å²) in [6, 6.07) is 11.3. The topological polar surface area (TPSA) is 97.8 Å². The molecule has 9 heteroatoms. The summed E-state index contributed by atoms with van der Waals surface area (Å²) in [7, 11) is 3.05. The van der Waals surface area contributed by atoms with Crippen molar-refractivity contribution in [3.63, 3.8) is 0 Å². The number of aliphatic hydroxyl groups excluding tert-OH is 1. The van der Waals surface area contributed by atoms with Gasteiger partial charge in [-0.1, -0.05) is 19.1 Å². The zero-order valence-electron chi connectivity index (χ0n) is 22.3. The van der Waals surface area contributed by atoms with Crippen molar-refractivity contribution in [1.82, 2.24) is 9.80 Å². The number of Topliss-reactive ketones (excluding diaryl/α,β-unsaturated/α-hetero) is 1. The van der Waals surface area contributed by atoms with Crippen LogP contribution in [0.4, 0.5) is 0 Å². The number of methoxy groups -OCH3 is 2. The van der Waals surface area contributed by atoms with Crippen LogP contribution < -0.4 is 14.2 Å². The second kappa shape index (κ2) is 12.8. The lowest BCUT2D eigenvalue weighted by Gasteiger charge is -2.30. The van der Waals surface area contributed by atoms with E-state index in [1.54, 1.807) is 42.5 Å². The van der Waals surface area contributed by atoms with Crippen molar-refractivity contribution in [3.05, 3.63) is 59.2 Å². The van der Waals surface area contributed by atoms with Gasteiger partial charge in [0.25, 0.3) is 11.7 Å². The summed E-state index contributed by atoms with van der Waals surface area (Å²) >= 11 is 0. The van der Waals surface area contributed by atoms with E-state index in [4.69, 9.17) is 18.9 Å². The number of carbonyl (C=O) groups excluding carboxylic acids is 2. The molecule has 0 bridgehead atoms. The first-order chi connectivity index (χ1) is 18.5. The van der Waals surface area contributed by atoms with Gasteiger partial charge in [0.1, 0.15) is 11.5 Å². The predicted octanol–water partition coefficient (Wildman–Crippen LogP) is 3.64. The Kier molecular flexibility index (Phi) is 9.25. The average molecular weight is 525 g/mol. The number of ketones is 1. The molecular formula is C29H36N2O7. The quantitative estimate of drug-likeness (QED) is 0.270. The maximum atomic E-state index is 13.4. The molecule has 1 amide bonds. The average Bonchev–Trinajstić information content (AvgIpc) is 3.21. The van der Waals surface area contributed by atoms with Gasteiger partial charge in [0.05, 0.1) is 45.7 Å². The molecule has 2 aliphatic rings. The van der Waals surface area contributed by atoms with Crippen molar-refractivity contribution in [2.24, 2.45) is 0 Å². The summed E-state index contributed by atoms with van der Waals surface area (Å²) in [4.78, 5) is 30.6. The molecule has 2 heterocycles. The van der Waals surface area contributed by atoms with Gasteiger partial charge in [0.15, 0.2) is 11.5 Å². The summed E-state index contributed by atoms with van der Waals surface area (Å²) in [6.45, 7) is 6.76. The van der Waals surface area contributed by atoms with Gasteiger partial charge in [-0.05, 0) is 43.2 Å². The first-order valence-corrected chi connectivity index (χ1v) is 13.0. The number of hydrogen-bond donors (Lipinski definition) is 1. The van der Waals surface area contributed by atoms with Crippen LogP contribution in [0.15, 0.2) is 48.0 Å². The number of ether oxygens (including phenoxy) is 4. The second-order valence-corrected chi connectivity index (χ2v) is 9.26. The Morgan fingerprint density at radius 2 is 1.76 bits per heavy atom. The molecule has 2 aromatic carbocycles. The van der Waals surface area contributed by atoms with E-state index in [1.165, 1.54) is 19.1 Å². The number of para-hydroxylation sites is 1. The summed E-state index contributed by atoms with van der Waals surface area (Å²) in [5.41, 5.74) is 1.02. The zero-order chi connectivity index (χ0) is 27.1. The fourth-order valence-electron chi connectivity index (χ4n) is 4.94. The fourth-order valence-corrected chi connectivity index (χ4v) is 4.94. The molecule has 0 aromatic heterocycles. The summed E-state index contributed by atoms with van der Waals surface area (Å²) < 4.78 is 22.2. The van der Waals surface area contributed by atoms with Crippen LogP contribution in [0, 0.1) is 0 Å². The van der Waals surface area contributed by atoms with E-state index >= 15 is 0 Å². The Labute approximate surface area is 223 Å². The highest BCUT2D eigenvalue weighted by molar-refractivity contribution is 6.46. The predicted molar refractivity (Wildman–Crippen MR) is 143 cm³/mol. The van der Waals surface area contributed by atoms with Crippen molar-refractivity contribution in [2.45, 2.75) is 25.8 Å². The smallest absolute Gasteiger partial charge is 0.295 e. The van der Waals surface area contributed by atoms with Crippen LogP contribution in [0.3, 0.4) is 0 Å². The molecule has 0 unspecified atom stereocenters. The largest absolute Gasteiger partial charge is 0.507 e. The number of carbonyl (C=O) groups is 2. The number of amides is 1. The molecule has 2 saturated heterocycles. The minimum absolute atomic E-state index is 0.0233. The monoisotopic (exact) mass is 524 g/mol. The molecule has 0 spiro atoms. The van der Waals surface area contributed by atoms with Gasteiger partial charge in [-0.25, -0.2) is 0 Å². The minimum Gasteiger partial charge on any atom is -0.507 e. The van der Waals surface area contributed by atoms with Crippen LogP contribution in [-0.2, 0) is 14.3 Å². The Hall–Kier alpha value is -3.56. The van der Waals surface area contributed by atoms with Crippen LogP contribution in [-0.4, -0.2) is 86.8 Å². The lowest BCUT2D eigenvalue weighted by atomic mass is 9.94. The third-order valence-corrected chi connectivity index (χ3v) is 6.85. The van der Waals surface area contributed by atoms with Crippen LogP contribution in [0.2, 0.25) is 0 Å². The summed E-state index contributed by atoms with van der Waals surface area (Å²) in [6.07, 6.45) is 1.54. The number of rotatable bonds is 11. The highest BCUT2D eigenvalue weighted by Crippen LogP contribution is 2.45. The normalized spacial score (nSPS) is 19.6. The van der Waals surface area contributed by atoms with Crippen LogP contribution in [0.5, 0.6) is 17.2 Å². The van der Waals surface area contributed by atoms with Gasteiger partial charge in [0, 0.05) is 37.3 Å². The lowest BCUT2D eigenvalue weighted by Crippen LogP contribution is -2.39. The number of benzene rings is 2. The van der Waals surface area contributed by atoms with E-state index in [0.29, 0.717) is 61.2 Å². The molecule has 2 aliphatic heterocycles. The van der Waals surface area contributed by atoms with Gasteiger partial charge in [-0.2, -0.15) is 0 Å². The molecule has 204 valence electrons. The molecule has 1 N–H and O–H groups in total. The number of morpholine rings is 1. The van der Waals surface area contributed by atoms with Crippen molar-refractivity contribution in [1.29, 1.82) is 0 Å². The second-order valence-electron chi connectivity index (χ2n) is 9.26. The number of hydrogen-bond acceptors (Lipinski definition) is 8. The molecule has 0 aliphatic carbocycles. The zero-order valence-corrected chi connectivity index (χ0v) is 22.3. The molecule has 2 aromatic rings. The maximum Gasteiger partial charge on any atom is 0.295 e. The van der Waals surface area contributed by atoms with Crippen LogP contribution in [0.1, 0.15) is 36.9 Å². The maximum absolute atomic E-state index is 13.4. The Morgan fingerprint density at radius 1 is 1.03 bits per heavy atom. The number of nitrogens with zero attached hydrogens (tertiary/aromatic N) is 2. The van der Waals surface area contributed by atoms with Gasteiger partial charge in [-0.3, -0.25) is 14.5 Å². The molecule has 4 rings (SSSR count). The van der Waals surface area contributed by atoms with E-state index in [1.807, 2.05) is 6.92 Å². The summed E-state index contributed by atoms with van der Waals surface area (Å²) in [5, 5.41) is 11.4. The Bertz CT molecular complexity index is 1160. The highest BCUT2D eigenvalue weighted by Gasteiger charge is 2.47. The van der Waals surface area contributed by atoms with Gasteiger partial charge in [-0.15, -0.1) is 0 Å². The van der Waals surface area contributed by atoms with Gasteiger partial charge in [0.2, 0.25) is 0 Å². The third-order valence-electron chi connectivity index (χ3n) is 6.85. The standard InChI is InChI=1S/C29H36N2O7/c1-4-17-38-21-11-9-20(10-12-21)26(32)24-25(22-7-5-8-23(35-2)28(22)36-3)31(29(34)27(24)33)14-6-13-30-15-18-37-19-16-30/h5,7-12,25,32H,4,6,13-19H2,1-3H3/t25-/m0/s1. The first-order valence-electron chi connectivity index (χ1n) is 13.0.